The molecule has 1 saturated carbocycles. The van der Waals surface area contributed by atoms with Crippen LogP contribution in [-0.4, -0.2) is 4.98 Å². The summed E-state index contributed by atoms with van der Waals surface area (Å²) in [5.74, 6) is -1.34. The van der Waals surface area contributed by atoms with Gasteiger partial charge < -0.3 is 0 Å². The summed E-state index contributed by atoms with van der Waals surface area (Å²) in [5, 5.41) is 0.0969. The van der Waals surface area contributed by atoms with Crippen molar-refractivity contribution < 1.29 is 8.78 Å². The molecule has 0 unspecified atom stereocenters. The first kappa shape index (κ1) is 16.4. The first-order valence-electron chi connectivity index (χ1n) is 8.18. The van der Waals surface area contributed by atoms with Gasteiger partial charge in [0.25, 0.3) is 0 Å². The number of aryl methyl sites for hydroxylation is 1. The molecule has 23 heavy (non-hydrogen) atoms. The van der Waals surface area contributed by atoms with Crippen LogP contribution in [0.15, 0.2) is 30.3 Å². The number of aromatic nitrogens is 1. The molecular weight excluding hydrogens is 316 g/mol. The van der Waals surface area contributed by atoms with E-state index in [0.717, 1.165) is 32.1 Å². The molecule has 0 N–H and O–H groups in total. The van der Waals surface area contributed by atoms with Gasteiger partial charge in [-0.1, -0.05) is 42.8 Å². The first-order chi connectivity index (χ1) is 11.1. The molecule has 3 rings (SSSR count). The van der Waals surface area contributed by atoms with E-state index in [-0.39, 0.29) is 11.1 Å². The highest BCUT2D eigenvalue weighted by atomic mass is 35.5. The van der Waals surface area contributed by atoms with Crippen molar-refractivity contribution in [3.05, 3.63) is 63.9 Å². The third kappa shape index (κ3) is 3.55. The van der Waals surface area contributed by atoms with Crippen molar-refractivity contribution in [1.82, 2.24) is 4.98 Å². The monoisotopic (exact) mass is 335 g/mol. The van der Waals surface area contributed by atoms with Crippen molar-refractivity contribution in [3.63, 3.8) is 0 Å². The summed E-state index contributed by atoms with van der Waals surface area (Å²) in [7, 11) is 0. The molecule has 1 aliphatic carbocycles. The third-order valence-electron chi connectivity index (χ3n) is 4.94. The lowest BCUT2D eigenvalue weighted by Gasteiger charge is -2.29. The fraction of sp³-hybridized carbons (Fsp3) is 0.421. The maximum Gasteiger partial charge on any atom is 0.250 e. The molecule has 4 heteroatoms. The Morgan fingerprint density at radius 3 is 2.26 bits per heavy atom. The zero-order valence-electron chi connectivity index (χ0n) is 13.2. The van der Waals surface area contributed by atoms with Crippen molar-refractivity contribution >= 4 is 11.6 Å². The van der Waals surface area contributed by atoms with E-state index in [1.54, 1.807) is 0 Å². The van der Waals surface area contributed by atoms with Crippen LogP contribution in [0.2, 0.25) is 5.15 Å². The molecule has 0 aliphatic heterocycles. The van der Waals surface area contributed by atoms with Crippen LogP contribution in [0.4, 0.5) is 8.78 Å². The lowest BCUT2D eigenvalue weighted by atomic mass is 9.76. The lowest BCUT2D eigenvalue weighted by molar-refractivity contribution is 0.392. The van der Waals surface area contributed by atoms with Gasteiger partial charge >= 0.3 is 0 Å². The van der Waals surface area contributed by atoms with Gasteiger partial charge in [0.1, 0.15) is 5.15 Å². The van der Waals surface area contributed by atoms with Crippen molar-refractivity contribution in [1.29, 1.82) is 0 Å². The SMILES string of the molecule is CCc1ccc(C2CCC(c3cc(F)c(F)nc3Cl)CC2)cc1. The van der Waals surface area contributed by atoms with Crippen LogP contribution >= 0.6 is 11.6 Å². The van der Waals surface area contributed by atoms with Gasteiger partial charge in [0.05, 0.1) is 0 Å². The number of pyridine rings is 1. The Hall–Kier alpha value is -1.48. The summed E-state index contributed by atoms with van der Waals surface area (Å²) >= 11 is 6.00. The Bertz CT molecular complexity index is 677. The zero-order valence-corrected chi connectivity index (χ0v) is 13.9. The molecule has 0 radical (unpaired) electrons. The summed E-state index contributed by atoms with van der Waals surface area (Å²) in [5.41, 5.74) is 3.36. The number of hydrogen-bond donors (Lipinski definition) is 0. The minimum atomic E-state index is -1.12. The van der Waals surface area contributed by atoms with Crippen LogP contribution in [0, 0.1) is 11.8 Å². The van der Waals surface area contributed by atoms with Crippen molar-refractivity contribution in [2.24, 2.45) is 0 Å². The molecule has 1 fully saturated rings. The van der Waals surface area contributed by atoms with Crippen LogP contribution in [0.5, 0.6) is 0 Å². The standard InChI is InChI=1S/C19H20ClF2N/c1-2-12-3-5-13(6-4-12)14-7-9-15(10-8-14)16-11-17(21)19(22)23-18(16)20/h3-6,11,14-15H,2,7-10H2,1H3. The highest BCUT2D eigenvalue weighted by Gasteiger charge is 2.26. The fourth-order valence-electron chi connectivity index (χ4n) is 3.51. The number of halogens is 3. The van der Waals surface area contributed by atoms with Gasteiger partial charge in [0.2, 0.25) is 5.95 Å². The van der Waals surface area contributed by atoms with Crippen LogP contribution in [-0.2, 0) is 6.42 Å². The van der Waals surface area contributed by atoms with Crippen molar-refractivity contribution in [3.8, 4) is 0 Å². The Labute approximate surface area is 140 Å². The lowest BCUT2D eigenvalue weighted by Crippen LogP contribution is -2.13. The van der Waals surface area contributed by atoms with Crippen LogP contribution < -0.4 is 0 Å². The highest BCUT2D eigenvalue weighted by molar-refractivity contribution is 6.30. The largest absolute Gasteiger partial charge is 0.250 e. The molecular formula is C19H20ClF2N. The molecule has 122 valence electrons. The molecule has 1 aromatic heterocycles. The van der Waals surface area contributed by atoms with E-state index in [1.165, 1.54) is 17.2 Å². The van der Waals surface area contributed by atoms with Crippen LogP contribution in [0.1, 0.15) is 61.1 Å². The Morgan fingerprint density at radius 1 is 1.04 bits per heavy atom. The van der Waals surface area contributed by atoms with E-state index < -0.39 is 11.8 Å². The number of rotatable bonds is 3. The smallest absolute Gasteiger partial charge is 0.205 e. The second-order valence-electron chi connectivity index (χ2n) is 6.28. The number of benzene rings is 1. The normalized spacial score (nSPS) is 21.4. The van der Waals surface area contributed by atoms with E-state index in [9.17, 15) is 8.78 Å². The predicted molar refractivity (Wildman–Crippen MR) is 88.9 cm³/mol. The molecule has 1 nitrogen and oxygen atoms in total. The van der Waals surface area contributed by atoms with Gasteiger partial charge in [0, 0.05) is 0 Å². The summed E-state index contributed by atoms with van der Waals surface area (Å²) < 4.78 is 26.5. The molecule has 0 amide bonds. The van der Waals surface area contributed by atoms with Gasteiger partial charge in [-0.25, -0.2) is 9.37 Å². The number of nitrogens with zero attached hydrogens (tertiary/aromatic N) is 1. The molecule has 0 spiro atoms. The van der Waals surface area contributed by atoms with Crippen molar-refractivity contribution in [2.75, 3.05) is 0 Å². The first-order valence-corrected chi connectivity index (χ1v) is 8.56. The minimum Gasteiger partial charge on any atom is -0.205 e. The quantitative estimate of drug-likeness (QED) is 0.625. The fourth-order valence-corrected chi connectivity index (χ4v) is 3.79. The summed E-state index contributed by atoms with van der Waals surface area (Å²) in [6, 6.07) is 10.0. The molecule has 1 heterocycles. The second kappa shape index (κ2) is 6.96. The van der Waals surface area contributed by atoms with Gasteiger partial charge in [0.15, 0.2) is 5.82 Å². The number of hydrogen-bond acceptors (Lipinski definition) is 1. The Morgan fingerprint density at radius 2 is 1.65 bits per heavy atom. The van der Waals surface area contributed by atoms with Gasteiger partial charge in [-0.05, 0) is 66.7 Å². The molecule has 0 saturated heterocycles. The van der Waals surface area contributed by atoms with Gasteiger partial charge in [-0.3, -0.25) is 0 Å². The Kier molecular flexibility index (Phi) is 4.96. The average Bonchev–Trinajstić information content (AvgIpc) is 2.58. The van der Waals surface area contributed by atoms with Gasteiger partial charge in [-0.2, -0.15) is 4.39 Å². The Balaban J connectivity index is 1.69. The van der Waals surface area contributed by atoms with Crippen LogP contribution in [0.25, 0.3) is 0 Å². The second-order valence-corrected chi connectivity index (χ2v) is 6.64. The predicted octanol–water partition coefficient (Wildman–Crippen LogP) is 6.02. The molecule has 0 bridgehead atoms. The van der Waals surface area contributed by atoms with E-state index in [2.05, 4.69) is 36.2 Å². The van der Waals surface area contributed by atoms with E-state index in [4.69, 9.17) is 11.6 Å². The zero-order chi connectivity index (χ0) is 16.4. The minimum absolute atomic E-state index is 0.0969. The molecule has 1 aromatic carbocycles. The van der Waals surface area contributed by atoms with E-state index >= 15 is 0 Å². The molecule has 2 aromatic rings. The van der Waals surface area contributed by atoms with Crippen molar-refractivity contribution in [2.45, 2.75) is 50.9 Å². The maximum atomic E-state index is 13.4. The summed E-state index contributed by atoms with van der Waals surface area (Å²) in [6.07, 6.45) is 4.96. The van der Waals surface area contributed by atoms with E-state index in [0.29, 0.717) is 11.5 Å². The summed E-state index contributed by atoms with van der Waals surface area (Å²) in [4.78, 5) is 3.47. The van der Waals surface area contributed by atoms with Gasteiger partial charge in [-0.15, -0.1) is 0 Å². The molecule has 0 atom stereocenters. The molecule has 1 aliphatic rings. The summed E-state index contributed by atoms with van der Waals surface area (Å²) in [6.45, 7) is 2.15. The average molecular weight is 336 g/mol. The van der Waals surface area contributed by atoms with Crippen LogP contribution in [0.3, 0.4) is 0 Å². The maximum absolute atomic E-state index is 13.4. The topological polar surface area (TPSA) is 12.9 Å². The highest BCUT2D eigenvalue weighted by Crippen LogP contribution is 2.42. The van der Waals surface area contributed by atoms with E-state index in [1.807, 2.05) is 0 Å². The third-order valence-corrected chi connectivity index (χ3v) is 5.24.